The van der Waals surface area contributed by atoms with Gasteiger partial charge in [-0.05, 0) is 68.1 Å². The summed E-state index contributed by atoms with van der Waals surface area (Å²) in [6, 6.07) is 15.3. The van der Waals surface area contributed by atoms with Crippen molar-refractivity contribution in [2.75, 3.05) is 19.6 Å². The Labute approximate surface area is 203 Å². The molecular formula is C28H36ClN3O. The number of carbonyl (C=O) groups excluding carboxylic acids is 1. The Kier molecular flexibility index (Phi) is 6.76. The minimum Gasteiger partial charge on any atom is -0.339 e. The number of hydrogen-bond donors (Lipinski definition) is 1. The van der Waals surface area contributed by atoms with E-state index in [4.69, 9.17) is 11.6 Å². The number of likely N-dealkylation sites (tertiary alicyclic amines) is 1. The predicted molar refractivity (Wildman–Crippen MR) is 134 cm³/mol. The lowest BCUT2D eigenvalue weighted by Gasteiger charge is -2.42. The number of fused-ring (bicyclic) bond motifs is 2. The number of pyridine rings is 1. The second-order valence-corrected chi connectivity index (χ2v) is 10.7. The molecule has 1 aromatic carbocycles. The van der Waals surface area contributed by atoms with Crippen molar-refractivity contribution in [1.82, 2.24) is 15.2 Å². The van der Waals surface area contributed by atoms with Crippen LogP contribution in [-0.2, 0) is 16.6 Å². The standard InChI is InChI=1S/C28H36ClN3O/c1-2-8-22-17-21(20-9-4-3-5-10-20)11-7-16-32(22)27(33)24-18-30-19-28(24)15-6-12-25-23(28)13-14-26(29)31-25/h3-5,9-10,13-14,21-22,24,30H,2,6-8,11-12,15-19H2,1H3/t21?,22?,24-,28-/m0/s1. The van der Waals surface area contributed by atoms with Crippen molar-refractivity contribution in [1.29, 1.82) is 0 Å². The predicted octanol–water partition coefficient (Wildman–Crippen LogP) is 5.49. The molecule has 0 bridgehead atoms. The van der Waals surface area contributed by atoms with Crippen LogP contribution in [-0.4, -0.2) is 41.5 Å². The smallest absolute Gasteiger partial charge is 0.228 e. The molecule has 176 valence electrons. The van der Waals surface area contributed by atoms with E-state index in [9.17, 15) is 4.79 Å². The van der Waals surface area contributed by atoms with Gasteiger partial charge in [-0.1, -0.05) is 61.3 Å². The lowest BCUT2D eigenvalue weighted by molar-refractivity contribution is -0.139. The molecule has 4 nitrogen and oxygen atoms in total. The summed E-state index contributed by atoms with van der Waals surface area (Å²) in [7, 11) is 0. The number of benzene rings is 1. The van der Waals surface area contributed by atoms with Crippen LogP contribution in [0.25, 0.3) is 0 Å². The normalized spacial score (nSPS) is 29.6. The van der Waals surface area contributed by atoms with Gasteiger partial charge in [-0.2, -0.15) is 0 Å². The number of aromatic nitrogens is 1. The highest BCUT2D eigenvalue weighted by Crippen LogP contribution is 2.46. The van der Waals surface area contributed by atoms with E-state index in [0.717, 1.165) is 76.7 Å². The van der Waals surface area contributed by atoms with Crippen LogP contribution in [0.15, 0.2) is 42.5 Å². The summed E-state index contributed by atoms with van der Waals surface area (Å²) in [6.45, 7) is 4.75. The maximum atomic E-state index is 14.3. The Morgan fingerprint density at radius 2 is 2.06 bits per heavy atom. The van der Waals surface area contributed by atoms with Crippen LogP contribution in [0.3, 0.4) is 0 Å². The van der Waals surface area contributed by atoms with Crippen molar-refractivity contribution < 1.29 is 4.79 Å². The van der Waals surface area contributed by atoms with Crippen molar-refractivity contribution in [3.63, 3.8) is 0 Å². The monoisotopic (exact) mass is 465 g/mol. The quantitative estimate of drug-likeness (QED) is 0.607. The second kappa shape index (κ2) is 9.76. The number of hydrogen-bond acceptors (Lipinski definition) is 3. The van der Waals surface area contributed by atoms with E-state index in [1.807, 2.05) is 6.07 Å². The fraction of sp³-hybridized carbons (Fsp3) is 0.571. The van der Waals surface area contributed by atoms with Crippen molar-refractivity contribution in [2.24, 2.45) is 5.92 Å². The van der Waals surface area contributed by atoms with Gasteiger partial charge in [0.05, 0.1) is 5.92 Å². The Bertz CT molecular complexity index is 980. The number of nitrogens with one attached hydrogen (secondary N) is 1. The SMILES string of the molecule is CCCC1CC(c2ccccc2)CCCN1C(=O)[C@@H]1CNC[C@]12CCCc1nc(Cl)ccc12. The maximum absolute atomic E-state index is 14.3. The highest BCUT2D eigenvalue weighted by Gasteiger charge is 2.52. The fourth-order valence-electron chi connectivity index (χ4n) is 6.84. The van der Waals surface area contributed by atoms with Gasteiger partial charge in [0.15, 0.2) is 0 Å². The van der Waals surface area contributed by atoms with Gasteiger partial charge in [0.1, 0.15) is 5.15 Å². The van der Waals surface area contributed by atoms with Crippen LogP contribution in [0.4, 0.5) is 0 Å². The lowest BCUT2D eigenvalue weighted by Crippen LogP contribution is -2.50. The molecule has 5 heteroatoms. The van der Waals surface area contributed by atoms with E-state index < -0.39 is 0 Å². The number of halogens is 1. The minimum absolute atomic E-state index is 0.0212. The van der Waals surface area contributed by atoms with Crippen LogP contribution in [0.2, 0.25) is 5.15 Å². The molecule has 2 aliphatic heterocycles. The summed E-state index contributed by atoms with van der Waals surface area (Å²) in [5.41, 5.74) is 3.63. The summed E-state index contributed by atoms with van der Waals surface area (Å²) >= 11 is 6.23. The lowest BCUT2D eigenvalue weighted by atomic mass is 9.65. The van der Waals surface area contributed by atoms with E-state index in [0.29, 0.717) is 23.0 Å². The molecule has 5 rings (SSSR count). The first-order chi connectivity index (χ1) is 16.1. The van der Waals surface area contributed by atoms with Gasteiger partial charge in [-0.3, -0.25) is 4.79 Å². The van der Waals surface area contributed by atoms with Crippen molar-refractivity contribution in [2.45, 2.75) is 75.7 Å². The first-order valence-corrected chi connectivity index (χ1v) is 13.2. The zero-order chi connectivity index (χ0) is 22.8. The van der Waals surface area contributed by atoms with Crippen LogP contribution in [0, 0.1) is 5.92 Å². The number of aryl methyl sites for hydroxylation is 1. The largest absolute Gasteiger partial charge is 0.339 e. The van der Waals surface area contributed by atoms with E-state index in [1.54, 1.807) is 0 Å². The van der Waals surface area contributed by atoms with Crippen LogP contribution in [0.5, 0.6) is 0 Å². The average Bonchev–Trinajstić information content (AvgIpc) is 3.12. The number of rotatable bonds is 4. The van der Waals surface area contributed by atoms with Gasteiger partial charge in [0, 0.05) is 36.8 Å². The molecule has 3 aliphatic rings. The number of carbonyl (C=O) groups is 1. The average molecular weight is 466 g/mol. The van der Waals surface area contributed by atoms with Gasteiger partial charge in [-0.15, -0.1) is 0 Å². The maximum Gasteiger partial charge on any atom is 0.228 e. The summed E-state index contributed by atoms with van der Waals surface area (Å²) in [6.07, 6.45) is 8.57. The first-order valence-electron chi connectivity index (χ1n) is 12.8. The molecule has 2 unspecified atom stereocenters. The molecule has 33 heavy (non-hydrogen) atoms. The fourth-order valence-corrected chi connectivity index (χ4v) is 7.01. The third kappa shape index (κ3) is 4.33. The Hall–Kier alpha value is -1.91. The first kappa shape index (κ1) is 22.9. The van der Waals surface area contributed by atoms with Gasteiger partial charge in [-0.25, -0.2) is 4.98 Å². The zero-order valence-electron chi connectivity index (χ0n) is 19.7. The van der Waals surface area contributed by atoms with E-state index in [2.05, 4.69) is 58.5 Å². The van der Waals surface area contributed by atoms with Crippen molar-refractivity contribution in [3.8, 4) is 0 Å². The molecule has 1 spiro atoms. The van der Waals surface area contributed by atoms with E-state index in [1.165, 1.54) is 11.1 Å². The molecule has 2 saturated heterocycles. The van der Waals surface area contributed by atoms with Crippen LogP contribution in [0.1, 0.15) is 74.6 Å². The molecule has 1 N–H and O–H groups in total. The Balaban J connectivity index is 1.43. The number of amides is 1. The minimum atomic E-state index is -0.149. The third-order valence-electron chi connectivity index (χ3n) is 8.39. The highest BCUT2D eigenvalue weighted by atomic mass is 35.5. The molecular weight excluding hydrogens is 430 g/mol. The van der Waals surface area contributed by atoms with E-state index >= 15 is 0 Å². The molecule has 0 radical (unpaired) electrons. The molecule has 2 fully saturated rings. The topological polar surface area (TPSA) is 45.2 Å². The van der Waals surface area contributed by atoms with Crippen LogP contribution >= 0.6 is 11.6 Å². The molecule has 1 amide bonds. The van der Waals surface area contributed by atoms with Crippen molar-refractivity contribution in [3.05, 3.63) is 64.4 Å². The number of nitrogens with zero attached hydrogens (tertiary/aromatic N) is 2. The van der Waals surface area contributed by atoms with Gasteiger partial charge >= 0.3 is 0 Å². The summed E-state index contributed by atoms with van der Waals surface area (Å²) in [5, 5.41) is 4.15. The highest BCUT2D eigenvalue weighted by molar-refractivity contribution is 6.29. The molecule has 0 saturated carbocycles. The Morgan fingerprint density at radius 3 is 2.88 bits per heavy atom. The summed E-state index contributed by atoms with van der Waals surface area (Å²) in [5.74, 6) is 0.875. The molecule has 1 aromatic heterocycles. The third-order valence-corrected chi connectivity index (χ3v) is 8.60. The summed E-state index contributed by atoms with van der Waals surface area (Å²) < 4.78 is 0. The Morgan fingerprint density at radius 1 is 1.21 bits per heavy atom. The molecule has 1 aliphatic carbocycles. The molecule has 3 heterocycles. The molecule has 2 aromatic rings. The van der Waals surface area contributed by atoms with Gasteiger partial charge in [0.25, 0.3) is 0 Å². The van der Waals surface area contributed by atoms with Crippen LogP contribution < -0.4 is 5.32 Å². The summed E-state index contributed by atoms with van der Waals surface area (Å²) in [4.78, 5) is 21.2. The zero-order valence-corrected chi connectivity index (χ0v) is 20.5. The second-order valence-electron chi connectivity index (χ2n) is 10.3. The molecule has 4 atom stereocenters. The van der Waals surface area contributed by atoms with Gasteiger partial charge < -0.3 is 10.2 Å². The van der Waals surface area contributed by atoms with E-state index in [-0.39, 0.29) is 11.3 Å². The van der Waals surface area contributed by atoms with Crippen molar-refractivity contribution >= 4 is 17.5 Å². The van der Waals surface area contributed by atoms with Gasteiger partial charge in [0.2, 0.25) is 5.91 Å².